The van der Waals surface area contributed by atoms with Gasteiger partial charge < -0.3 is 9.84 Å². The van der Waals surface area contributed by atoms with Crippen molar-refractivity contribution in [1.82, 2.24) is 0 Å². The molecule has 66 valence electrons. The van der Waals surface area contributed by atoms with Crippen molar-refractivity contribution in [3.8, 4) is 0 Å². The van der Waals surface area contributed by atoms with Crippen LogP contribution in [-0.4, -0.2) is 23.4 Å². The van der Waals surface area contributed by atoms with Crippen molar-refractivity contribution < 1.29 is 9.84 Å². The average Bonchev–Trinajstić information content (AvgIpc) is 2.36. The Hall–Kier alpha value is -0.0800. The first-order valence-electron chi connectivity index (χ1n) is 4.47. The summed E-state index contributed by atoms with van der Waals surface area (Å²) in [5, 5.41) is 9.14. The fraction of sp³-hybridized carbons (Fsp3) is 1.00. The van der Waals surface area contributed by atoms with Crippen LogP contribution in [0.1, 0.15) is 39.5 Å². The Morgan fingerprint density at radius 2 is 1.91 bits per heavy atom. The summed E-state index contributed by atoms with van der Waals surface area (Å²) < 4.78 is 5.70. The van der Waals surface area contributed by atoms with Crippen molar-refractivity contribution in [2.45, 2.75) is 51.2 Å². The highest BCUT2D eigenvalue weighted by atomic mass is 16.5. The molecule has 0 aromatic carbocycles. The highest BCUT2D eigenvalue weighted by Crippen LogP contribution is 2.33. The van der Waals surface area contributed by atoms with Gasteiger partial charge in [-0.1, -0.05) is 12.8 Å². The predicted octanol–water partition coefficient (Wildman–Crippen LogP) is 1.72. The van der Waals surface area contributed by atoms with Crippen LogP contribution >= 0.6 is 0 Å². The van der Waals surface area contributed by atoms with Gasteiger partial charge in [0.2, 0.25) is 0 Å². The molecule has 1 aliphatic carbocycles. The maximum atomic E-state index is 9.14. The van der Waals surface area contributed by atoms with Crippen LogP contribution in [0.5, 0.6) is 0 Å². The second-order valence-corrected chi connectivity index (χ2v) is 3.71. The highest BCUT2D eigenvalue weighted by Gasteiger charge is 2.34. The predicted molar refractivity (Wildman–Crippen MR) is 44.5 cm³/mol. The summed E-state index contributed by atoms with van der Waals surface area (Å²) in [4.78, 5) is 0. The van der Waals surface area contributed by atoms with E-state index >= 15 is 0 Å². The lowest BCUT2D eigenvalue weighted by atomic mass is 10.0. The van der Waals surface area contributed by atoms with Gasteiger partial charge >= 0.3 is 0 Å². The van der Waals surface area contributed by atoms with E-state index in [0.717, 1.165) is 12.8 Å². The van der Waals surface area contributed by atoms with E-state index in [2.05, 4.69) is 0 Å². The second kappa shape index (κ2) is 3.55. The molecule has 1 saturated carbocycles. The molecule has 1 aliphatic rings. The Labute approximate surface area is 68.6 Å². The van der Waals surface area contributed by atoms with E-state index in [9.17, 15) is 0 Å². The topological polar surface area (TPSA) is 29.5 Å². The lowest BCUT2D eigenvalue weighted by Crippen LogP contribution is -2.35. The Balaban J connectivity index is 2.45. The molecule has 1 fully saturated rings. The molecule has 1 N–H and O–H groups in total. The summed E-state index contributed by atoms with van der Waals surface area (Å²) >= 11 is 0. The molecule has 11 heavy (non-hydrogen) atoms. The van der Waals surface area contributed by atoms with E-state index in [-0.39, 0.29) is 18.3 Å². The smallest absolute Gasteiger partial charge is 0.0915 e. The van der Waals surface area contributed by atoms with E-state index in [4.69, 9.17) is 9.84 Å². The number of aliphatic hydroxyl groups is 1. The van der Waals surface area contributed by atoms with Crippen LogP contribution in [0.25, 0.3) is 0 Å². The molecule has 0 aromatic heterocycles. The van der Waals surface area contributed by atoms with Crippen molar-refractivity contribution >= 4 is 0 Å². The van der Waals surface area contributed by atoms with Gasteiger partial charge in [0.1, 0.15) is 0 Å². The number of aliphatic hydroxyl groups excluding tert-OH is 1. The molecule has 0 atom stereocenters. The highest BCUT2D eigenvalue weighted by molar-refractivity contribution is 4.86. The first-order valence-corrected chi connectivity index (χ1v) is 4.47. The Morgan fingerprint density at radius 1 is 1.36 bits per heavy atom. The minimum Gasteiger partial charge on any atom is -0.393 e. The molecule has 0 heterocycles. The van der Waals surface area contributed by atoms with Crippen molar-refractivity contribution in [3.05, 3.63) is 0 Å². The van der Waals surface area contributed by atoms with Crippen molar-refractivity contribution in [1.29, 1.82) is 0 Å². The van der Waals surface area contributed by atoms with Gasteiger partial charge in [-0.05, 0) is 26.7 Å². The molecule has 0 aromatic rings. The molecule has 0 spiro atoms. The number of hydrogen-bond acceptors (Lipinski definition) is 2. The Kier molecular flexibility index (Phi) is 2.90. The number of rotatable bonds is 3. The van der Waals surface area contributed by atoms with Gasteiger partial charge in [-0.15, -0.1) is 0 Å². The largest absolute Gasteiger partial charge is 0.393 e. The van der Waals surface area contributed by atoms with Gasteiger partial charge in [0.15, 0.2) is 0 Å². The van der Waals surface area contributed by atoms with E-state index in [0.29, 0.717) is 0 Å². The summed E-state index contributed by atoms with van der Waals surface area (Å²) in [7, 11) is 0. The molecular formula is C9H18O2. The normalized spacial score (nSPS) is 22.9. The molecule has 0 aliphatic heterocycles. The summed E-state index contributed by atoms with van der Waals surface area (Å²) in [6.07, 6.45) is 4.70. The van der Waals surface area contributed by atoms with E-state index < -0.39 is 0 Å². The summed E-state index contributed by atoms with van der Waals surface area (Å²) in [6.45, 7) is 4.23. The van der Waals surface area contributed by atoms with Crippen LogP contribution in [-0.2, 0) is 4.74 Å². The standard InChI is InChI=1S/C9H18O2/c1-8(2)11-9(7-10)5-3-4-6-9/h8,10H,3-7H2,1-2H3. The van der Waals surface area contributed by atoms with Crippen LogP contribution in [0.4, 0.5) is 0 Å². The first-order chi connectivity index (χ1) is 5.18. The third-order valence-corrected chi connectivity index (χ3v) is 2.29. The zero-order valence-corrected chi connectivity index (χ0v) is 7.47. The van der Waals surface area contributed by atoms with Crippen molar-refractivity contribution in [3.63, 3.8) is 0 Å². The van der Waals surface area contributed by atoms with Crippen LogP contribution in [0, 0.1) is 0 Å². The van der Waals surface area contributed by atoms with Gasteiger partial charge in [0, 0.05) is 0 Å². The molecule has 1 rings (SSSR count). The van der Waals surface area contributed by atoms with Crippen LogP contribution in [0.3, 0.4) is 0 Å². The Morgan fingerprint density at radius 3 is 2.27 bits per heavy atom. The van der Waals surface area contributed by atoms with E-state index in [1.807, 2.05) is 13.8 Å². The van der Waals surface area contributed by atoms with Gasteiger partial charge in [-0.25, -0.2) is 0 Å². The van der Waals surface area contributed by atoms with Gasteiger partial charge in [0.25, 0.3) is 0 Å². The summed E-state index contributed by atoms with van der Waals surface area (Å²) in [5.74, 6) is 0. The van der Waals surface area contributed by atoms with E-state index in [1.54, 1.807) is 0 Å². The SMILES string of the molecule is CC(C)OC1(CO)CCCC1. The van der Waals surface area contributed by atoms with E-state index in [1.165, 1.54) is 12.8 Å². The third-order valence-electron chi connectivity index (χ3n) is 2.29. The number of hydrogen-bond donors (Lipinski definition) is 1. The zero-order valence-electron chi connectivity index (χ0n) is 7.47. The van der Waals surface area contributed by atoms with Gasteiger partial charge in [0.05, 0.1) is 18.3 Å². The molecular weight excluding hydrogens is 140 g/mol. The maximum Gasteiger partial charge on any atom is 0.0915 e. The minimum atomic E-state index is -0.186. The molecule has 0 amide bonds. The van der Waals surface area contributed by atoms with Crippen molar-refractivity contribution in [2.24, 2.45) is 0 Å². The van der Waals surface area contributed by atoms with Crippen LogP contribution in [0.15, 0.2) is 0 Å². The minimum absolute atomic E-state index is 0.186. The molecule has 0 radical (unpaired) electrons. The molecule has 0 bridgehead atoms. The number of ether oxygens (including phenoxy) is 1. The Bertz CT molecular complexity index is 115. The molecule has 0 unspecified atom stereocenters. The lowest BCUT2D eigenvalue weighted by molar-refractivity contribution is -0.104. The summed E-state index contributed by atoms with van der Waals surface area (Å²) in [5.41, 5.74) is -0.186. The average molecular weight is 158 g/mol. The van der Waals surface area contributed by atoms with Crippen molar-refractivity contribution in [2.75, 3.05) is 6.61 Å². The van der Waals surface area contributed by atoms with Crippen LogP contribution in [0.2, 0.25) is 0 Å². The van der Waals surface area contributed by atoms with Crippen LogP contribution < -0.4 is 0 Å². The zero-order chi connectivity index (χ0) is 8.32. The van der Waals surface area contributed by atoms with Gasteiger partial charge in [-0.3, -0.25) is 0 Å². The first kappa shape index (κ1) is 9.01. The molecule has 2 nitrogen and oxygen atoms in total. The van der Waals surface area contributed by atoms with Gasteiger partial charge in [-0.2, -0.15) is 0 Å². The maximum absolute atomic E-state index is 9.14. The fourth-order valence-electron chi connectivity index (χ4n) is 1.83. The third kappa shape index (κ3) is 2.17. The quantitative estimate of drug-likeness (QED) is 0.677. The molecule has 0 saturated heterocycles. The second-order valence-electron chi connectivity index (χ2n) is 3.71. The monoisotopic (exact) mass is 158 g/mol. The molecule has 2 heteroatoms. The fourth-order valence-corrected chi connectivity index (χ4v) is 1.83. The lowest BCUT2D eigenvalue weighted by Gasteiger charge is -2.29. The summed E-state index contributed by atoms with van der Waals surface area (Å²) in [6, 6.07) is 0.